The summed E-state index contributed by atoms with van der Waals surface area (Å²) in [6, 6.07) is 11.5. The van der Waals surface area contributed by atoms with Crippen molar-refractivity contribution in [2.45, 2.75) is 33.1 Å². The molecule has 0 saturated heterocycles. The SMILES string of the molecule is C=C1c2cc(C(=O)C#N)ccc2Cc2c1ccc(C)c2CCC. The molecule has 0 radical (unpaired) electrons. The minimum absolute atomic E-state index is 0.441. The lowest BCUT2D eigenvalue weighted by Gasteiger charge is -2.26. The van der Waals surface area contributed by atoms with E-state index >= 15 is 0 Å². The summed E-state index contributed by atoms with van der Waals surface area (Å²) < 4.78 is 0. The lowest BCUT2D eigenvalue weighted by atomic mass is 9.78. The molecule has 1 aliphatic rings. The third-order valence-electron chi connectivity index (χ3n) is 4.66. The summed E-state index contributed by atoms with van der Waals surface area (Å²) in [4.78, 5) is 11.6. The lowest BCUT2D eigenvalue weighted by molar-refractivity contribution is 0.105. The number of hydrogen-bond acceptors (Lipinski definition) is 2. The number of fused-ring (bicyclic) bond motifs is 2. The van der Waals surface area contributed by atoms with Crippen LogP contribution in [0.5, 0.6) is 0 Å². The molecule has 2 nitrogen and oxygen atoms in total. The Morgan fingerprint density at radius 2 is 2.04 bits per heavy atom. The monoisotopic (exact) mass is 301 g/mol. The van der Waals surface area contributed by atoms with Gasteiger partial charge in [0.25, 0.3) is 5.78 Å². The van der Waals surface area contributed by atoms with Gasteiger partial charge in [0.15, 0.2) is 0 Å². The summed E-state index contributed by atoms with van der Waals surface area (Å²) in [6.45, 7) is 8.62. The fraction of sp³-hybridized carbons (Fsp3) is 0.238. The largest absolute Gasteiger partial charge is 0.277 e. The molecule has 3 rings (SSSR count). The highest BCUT2D eigenvalue weighted by atomic mass is 16.1. The van der Waals surface area contributed by atoms with Crippen molar-refractivity contribution >= 4 is 11.4 Å². The van der Waals surface area contributed by atoms with Gasteiger partial charge in [-0.25, -0.2) is 0 Å². The van der Waals surface area contributed by atoms with Gasteiger partial charge < -0.3 is 0 Å². The molecule has 0 spiro atoms. The fourth-order valence-electron chi connectivity index (χ4n) is 3.45. The normalized spacial score (nSPS) is 12.3. The highest BCUT2D eigenvalue weighted by molar-refractivity contribution is 6.08. The molecule has 114 valence electrons. The maximum Gasteiger partial charge on any atom is 0.262 e. The Labute approximate surface area is 137 Å². The smallest absolute Gasteiger partial charge is 0.262 e. The number of hydrogen-bond donors (Lipinski definition) is 0. The molecule has 0 bridgehead atoms. The van der Waals surface area contributed by atoms with Crippen LogP contribution in [0.3, 0.4) is 0 Å². The van der Waals surface area contributed by atoms with E-state index in [1.54, 1.807) is 12.1 Å². The minimum Gasteiger partial charge on any atom is -0.277 e. The van der Waals surface area contributed by atoms with Gasteiger partial charge in [-0.3, -0.25) is 4.79 Å². The number of Topliss-reactive ketones (excluding diaryl/α,β-unsaturated/α-hetero) is 1. The second-order valence-corrected chi connectivity index (χ2v) is 6.11. The molecule has 0 saturated carbocycles. The van der Waals surface area contributed by atoms with Crippen LogP contribution in [-0.2, 0) is 12.8 Å². The van der Waals surface area contributed by atoms with Gasteiger partial charge in [0.05, 0.1) is 0 Å². The predicted molar refractivity (Wildman–Crippen MR) is 92.5 cm³/mol. The van der Waals surface area contributed by atoms with E-state index in [2.05, 4.69) is 32.6 Å². The van der Waals surface area contributed by atoms with Crippen LogP contribution in [0.4, 0.5) is 0 Å². The average Bonchev–Trinajstić information content (AvgIpc) is 2.57. The second-order valence-electron chi connectivity index (χ2n) is 6.11. The molecule has 0 N–H and O–H groups in total. The number of aryl methyl sites for hydroxylation is 1. The Hall–Kier alpha value is -2.66. The molecule has 0 aromatic heterocycles. The summed E-state index contributed by atoms with van der Waals surface area (Å²) in [6.07, 6.45) is 3.05. The highest BCUT2D eigenvalue weighted by Gasteiger charge is 2.22. The van der Waals surface area contributed by atoms with Crippen molar-refractivity contribution in [3.63, 3.8) is 0 Å². The van der Waals surface area contributed by atoms with Crippen LogP contribution in [0.25, 0.3) is 5.57 Å². The third-order valence-corrected chi connectivity index (χ3v) is 4.66. The van der Waals surface area contributed by atoms with Crippen LogP contribution in [0.2, 0.25) is 0 Å². The van der Waals surface area contributed by atoms with Crippen LogP contribution in [0.1, 0.15) is 57.1 Å². The molecule has 0 aliphatic heterocycles. The topological polar surface area (TPSA) is 40.9 Å². The standard InChI is InChI=1S/C21H19NO/c1-4-5-17-13(2)6-9-18-14(3)19-11-16(21(23)12-22)8-7-15(19)10-20(17)18/h6-9,11H,3-5,10H2,1-2H3. The second kappa shape index (κ2) is 5.85. The maximum atomic E-state index is 11.6. The Morgan fingerprint density at radius 3 is 2.74 bits per heavy atom. The average molecular weight is 301 g/mol. The maximum absolute atomic E-state index is 11.6. The van der Waals surface area contributed by atoms with Crippen molar-refractivity contribution in [1.82, 2.24) is 0 Å². The third kappa shape index (κ3) is 2.49. The van der Waals surface area contributed by atoms with E-state index < -0.39 is 5.78 Å². The summed E-state index contributed by atoms with van der Waals surface area (Å²) in [7, 11) is 0. The van der Waals surface area contributed by atoms with Gasteiger partial charge in [-0.15, -0.1) is 0 Å². The highest BCUT2D eigenvalue weighted by Crippen LogP contribution is 2.38. The van der Waals surface area contributed by atoms with Gasteiger partial charge >= 0.3 is 0 Å². The van der Waals surface area contributed by atoms with Gasteiger partial charge in [0.2, 0.25) is 0 Å². The molecule has 2 aromatic rings. The van der Waals surface area contributed by atoms with Crippen molar-refractivity contribution in [1.29, 1.82) is 5.26 Å². The number of ketones is 1. The summed E-state index contributed by atoms with van der Waals surface area (Å²) in [5, 5.41) is 8.82. The first-order valence-electron chi connectivity index (χ1n) is 7.95. The van der Waals surface area contributed by atoms with Gasteiger partial charge in [-0.05, 0) is 70.9 Å². The van der Waals surface area contributed by atoms with E-state index in [-0.39, 0.29) is 0 Å². The Bertz CT molecular complexity index is 868. The molecule has 1 aliphatic carbocycles. The Kier molecular flexibility index (Phi) is 3.88. The van der Waals surface area contributed by atoms with Gasteiger partial charge in [-0.1, -0.05) is 38.1 Å². The van der Waals surface area contributed by atoms with Crippen molar-refractivity contribution in [2.75, 3.05) is 0 Å². The van der Waals surface area contributed by atoms with Crippen molar-refractivity contribution < 1.29 is 4.79 Å². The molecule has 0 fully saturated rings. The molecule has 2 heteroatoms. The van der Waals surface area contributed by atoms with E-state index in [1.807, 2.05) is 12.1 Å². The summed E-state index contributed by atoms with van der Waals surface area (Å²) >= 11 is 0. The molecule has 23 heavy (non-hydrogen) atoms. The van der Waals surface area contributed by atoms with Gasteiger partial charge in [-0.2, -0.15) is 5.26 Å². The number of benzene rings is 2. The quantitative estimate of drug-likeness (QED) is 0.523. The van der Waals surface area contributed by atoms with Crippen LogP contribution < -0.4 is 0 Å². The summed E-state index contributed by atoms with van der Waals surface area (Å²) in [5.41, 5.74) is 8.86. The van der Waals surface area contributed by atoms with E-state index in [0.29, 0.717) is 5.56 Å². The zero-order valence-electron chi connectivity index (χ0n) is 13.6. The molecule has 0 heterocycles. The van der Waals surface area contributed by atoms with Crippen LogP contribution in [-0.4, -0.2) is 5.78 Å². The van der Waals surface area contributed by atoms with E-state index in [4.69, 9.17) is 5.26 Å². The first kappa shape index (κ1) is 15.2. The molecule has 0 unspecified atom stereocenters. The first-order chi connectivity index (χ1) is 11.1. The van der Waals surface area contributed by atoms with E-state index in [1.165, 1.54) is 27.8 Å². The molecule has 0 amide bonds. The zero-order valence-corrected chi connectivity index (χ0v) is 13.6. The van der Waals surface area contributed by atoms with E-state index in [0.717, 1.165) is 30.4 Å². The Balaban J connectivity index is 2.14. The number of nitriles is 1. The fourth-order valence-corrected chi connectivity index (χ4v) is 3.45. The summed E-state index contributed by atoms with van der Waals surface area (Å²) in [5.74, 6) is -0.498. The Morgan fingerprint density at radius 1 is 1.26 bits per heavy atom. The number of rotatable bonds is 3. The van der Waals surface area contributed by atoms with Crippen molar-refractivity contribution in [3.05, 3.63) is 75.9 Å². The number of carbonyl (C=O) groups excluding carboxylic acids is 1. The van der Waals surface area contributed by atoms with Crippen LogP contribution in [0, 0.1) is 18.3 Å². The lowest BCUT2D eigenvalue weighted by Crippen LogP contribution is -2.11. The molecular formula is C21H19NO. The first-order valence-corrected chi connectivity index (χ1v) is 7.95. The van der Waals surface area contributed by atoms with Crippen LogP contribution >= 0.6 is 0 Å². The van der Waals surface area contributed by atoms with Crippen LogP contribution in [0.15, 0.2) is 36.9 Å². The zero-order chi connectivity index (χ0) is 16.6. The number of carbonyl (C=O) groups is 1. The van der Waals surface area contributed by atoms with Gasteiger partial charge in [0, 0.05) is 5.56 Å². The van der Waals surface area contributed by atoms with Gasteiger partial charge in [0.1, 0.15) is 6.07 Å². The molecular weight excluding hydrogens is 282 g/mol. The minimum atomic E-state index is -0.498. The molecule has 2 aromatic carbocycles. The van der Waals surface area contributed by atoms with E-state index in [9.17, 15) is 4.79 Å². The predicted octanol–water partition coefficient (Wildman–Crippen LogP) is 4.62. The number of nitrogens with zero attached hydrogens (tertiary/aromatic N) is 1. The molecule has 0 atom stereocenters. The van der Waals surface area contributed by atoms with Crippen molar-refractivity contribution in [2.24, 2.45) is 0 Å². The van der Waals surface area contributed by atoms with Crippen molar-refractivity contribution in [3.8, 4) is 6.07 Å².